The Kier molecular flexibility index (Phi) is 5.92. The topological polar surface area (TPSA) is 107 Å². The highest BCUT2D eigenvalue weighted by atomic mass is 16.6. The van der Waals surface area contributed by atoms with Gasteiger partial charge in [0.15, 0.2) is 0 Å². The van der Waals surface area contributed by atoms with Crippen molar-refractivity contribution in [3.63, 3.8) is 0 Å². The van der Waals surface area contributed by atoms with Gasteiger partial charge in [-0.15, -0.1) is 0 Å². The molecule has 0 aliphatic carbocycles. The molecule has 0 saturated carbocycles. The molecule has 0 heterocycles. The molecule has 1 rings (SSSR count). The zero-order valence-corrected chi connectivity index (χ0v) is 11.6. The molecule has 0 aromatic heterocycles. The molecule has 0 saturated heterocycles. The fourth-order valence-electron chi connectivity index (χ4n) is 1.60. The Morgan fingerprint density at radius 2 is 2.25 bits per heavy atom. The number of nitro groups is 1. The largest absolute Gasteiger partial charge is 0.494 e. The average Bonchev–Trinajstić information content (AvgIpc) is 2.44. The highest BCUT2D eigenvalue weighted by Gasteiger charge is 2.13. The van der Waals surface area contributed by atoms with E-state index in [0.29, 0.717) is 25.1 Å². The molecule has 0 aliphatic rings. The molecule has 1 aromatic carbocycles. The molecule has 110 valence electrons. The van der Waals surface area contributed by atoms with Crippen LogP contribution in [-0.4, -0.2) is 24.5 Å². The molecule has 0 spiro atoms. The maximum atomic E-state index is 11.8. The van der Waals surface area contributed by atoms with Crippen LogP contribution in [0, 0.1) is 16.0 Å². The SMILES string of the molecule is COc1cc([N+](=O)[O-])ccc1NC(=O)CCC(C)CN. The minimum absolute atomic E-state index is 0.0865. The van der Waals surface area contributed by atoms with Gasteiger partial charge >= 0.3 is 0 Å². The lowest BCUT2D eigenvalue weighted by atomic mass is 10.1. The number of nitrogens with zero attached hydrogens (tertiary/aromatic N) is 1. The number of nitrogens with one attached hydrogen (secondary N) is 1. The maximum absolute atomic E-state index is 11.8. The van der Waals surface area contributed by atoms with Crippen molar-refractivity contribution in [2.24, 2.45) is 11.7 Å². The van der Waals surface area contributed by atoms with Crippen molar-refractivity contribution in [3.8, 4) is 5.75 Å². The molecule has 0 aliphatic heterocycles. The lowest BCUT2D eigenvalue weighted by molar-refractivity contribution is -0.384. The first kappa shape index (κ1) is 15.9. The zero-order chi connectivity index (χ0) is 15.1. The smallest absolute Gasteiger partial charge is 0.273 e. The molecule has 0 fully saturated rings. The number of carbonyl (C=O) groups excluding carboxylic acids is 1. The Morgan fingerprint density at radius 1 is 1.55 bits per heavy atom. The summed E-state index contributed by atoms with van der Waals surface area (Å²) in [5, 5.41) is 13.3. The van der Waals surface area contributed by atoms with Crippen molar-refractivity contribution >= 4 is 17.3 Å². The molecule has 0 radical (unpaired) electrons. The van der Waals surface area contributed by atoms with Gasteiger partial charge in [-0.25, -0.2) is 0 Å². The Labute approximate surface area is 117 Å². The number of ether oxygens (including phenoxy) is 1. The van der Waals surface area contributed by atoms with Gasteiger partial charge in [-0.1, -0.05) is 6.92 Å². The number of carbonyl (C=O) groups is 1. The van der Waals surface area contributed by atoms with Gasteiger partial charge in [-0.2, -0.15) is 0 Å². The highest BCUT2D eigenvalue weighted by molar-refractivity contribution is 5.92. The highest BCUT2D eigenvalue weighted by Crippen LogP contribution is 2.29. The van der Waals surface area contributed by atoms with Crippen molar-refractivity contribution in [3.05, 3.63) is 28.3 Å². The first-order valence-corrected chi connectivity index (χ1v) is 6.30. The molecule has 3 N–H and O–H groups in total. The Bertz CT molecular complexity index is 491. The van der Waals surface area contributed by atoms with Crippen molar-refractivity contribution in [2.45, 2.75) is 19.8 Å². The lowest BCUT2D eigenvalue weighted by Crippen LogP contribution is -2.16. The summed E-state index contributed by atoms with van der Waals surface area (Å²) < 4.78 is 5.04. The molecule has 7 heteroatoms. The number of hydrogen-bond acceptors (Lipinski definition) is 5. The number of rotatable bonds is 7. The summed E-state index contributed by atoms with van der Waals surface area (Å²) in [4.78, 5) is 21.9. The number of amides is 1. The molecule has 1 atom stereocenters. The fraction of sp³-hybridized carbons (Fsp3) is 0.462. The van der Waals surface area contributed by atoms with E-state index in [4.69, 9.17) is 10.5 Å². The van der Waals surface area contributed by atoms with Crippen LogP contribution in [0.5, 0.6) is 5.75 Å². The van der Waals surface area contributed by atoms with Crippen LogP contribution >= 0.6 is 0 Å². The van der Waals surface area contributed by atoms with Gasteiger partial charge in [0.1, 0.15) is 5.75 Å². The van der Waals surface area contributed by atoms with Crippen LogP contribution in [0.25, 0.3) is 0 Å². The number of anilines is 1. The monoisotopic (exact) mass is 281 g/mol. The molecule has 0 bridgehead atoms. The van der Waals surface area contributed by atoms with Crippen molar-refractivity contribution < 1.29 is 14.5 Å². The molecular weight excluding hydrogens is 262 g/mol. The van der Waals surface area contributed by atoms with Crippen LogP contribution in [0.1, 0.15) is 19.8 Å². The number of benzene rings is 1. The molecule has 7 nitrogen and oxygen atoms in total. The van der Waals surface area contributed by atoms with Gasteiger partial charge in [0.25, 0.3) is 5.69 Å². The Morgan fingerprint density at radius 3 is 2.80 bits per heavy atom. The third kappa shape index (κ3) is 4.51. The van der Waals surface area contributed by atoms with Gasteiger partial charge in [-0.05, 0) is 24.9 Å². The summed E-state index contributed by atoms with van der Waals surface area (Å²) in [5.41, 5.74) is 5.82. The van der Waals surface area contributed by atoms with E-state index in [1.807, 2.05) is 6.92 Å². The van der Waals surface area contributed by atoms with Gasteiger partial charge in [-0.3, -0.25) is 14.9 Å². The van der Waals surface area contributed by atoms with Crippen LogP contribution in [0.15, 0.2) is 18.2 Å². The van der Waals surface area contributed by atoms with E-state index in [-0.39, 0.29) is 23.3 Å². The van der Waals surface area contributed by atoms with E-state index in [2.05, 4.69) is 5.32 Å². The minimum atomic E-state index is -0.517. The average molecular weight is 281 g/mol. The van der Waals surface area contributed by atoms with E-state index in [1.165, 1.54) is 25.3 Å². The number of non-ortho nitro benzene ring substituents is 1. The number of hydrogen-bond donors (Lipinski definition) is 2. The second kappa shape index (κ2) is 7.44. The normalized spacial score (nSPS) is 11.8. The third-order valence-corrected chi connectivity index (χ3v) is 2.94. The minimum Gasteiger partial charge on any atom is -0.494 e. The molecule has 1 unspecified atom stereocenters. The second-order valence-corrected chi connectivity index (χ2v) is 4.57. The summed E-state index contributed by atoms with van der Waals surface area (Å²) in [6.45, 7) is 2.51. The van der Waals surface area contributed by atoms with Crippen molar-refractivity contribution in [2.75, 3.05) is 19.0 Å². The van der Waals surface area contributed by atoms with E-state index in [1.54, 1.807) is 0 Å². The van der Waals surface area contributed by atoms with Crippen LogP contribution < -0.4 is 15.8 Å². The summed E-state index contributed by atoms with van der Waals surface area (Å²) in [7, 11) is 1.39. The summed E-state index contributed by atoms with van der Waals surface area (Å²) in [5.74, 6) is 0.372. The van der Waals surface area contributed by atoms with E-state index >= 15 is 0 Å². The number of nitro benzene ring substituents is 1. The fourth-order valence-corrected chi connectivity index (χ4v) is 1.60. The number of methoxy groups -OCH3 is 1. The van der Waals surface area contributed by atoms with Gasteiger partial charge in [0.05, 0.1) is 23.8 Å². The second-order valence-electron chi connectivity index (χ2n) is 4.57. The quantitative estimate of drug-likeness (QED) is 0.586. The van der Waals surface area contributed by atoms with Crippen molar-refractivity contribution in [1.82, 2.24) is 0 Å². The molecule has 20 heavy (non-hydrogen) atoms. The standard InChI is InChI=1S/C13H19N3O4/c1-9(8-14)3-6-13(17)15-11-5-4-10(16(18)19)7-12(11)20-2/h4-5,7,9H,3,6,8,14H2,1-2H3,(H,15,17). The Hall–Kier alpha value is -2.15. The zero-order valence-electron chi connectivity index (χ0n) is 11.6. The van der Waals surface area contributed by atoms with Gasteiger partial charge in [0.2, 0.25) is 5.91 Å². The predicted octanol–water partition coefficient (Wildman–Crippen LogP) is 1.92. The first-order valence-electron chi connectivity index (χ1n) is 6.30. The lowest BCUT2D eigenvalue weighted by Gasteiger charge is -2.11. The predicted molar refractivity (Wildman–Crippen MR) is 75.7 cm³/mol. The molecular formula is C13H19N3O4. The molecule has 1 aromatic rings. The van der Waals surface area contributed by atoms with E-state index < -0.39 is 4.92 Å². The summed E-state index contributed by atoms with van der Waals surface area (Å²) in [6, 6.07) is 4.06. The van der Waals surface area contributed by atoms with E-state index in [9.17, 15) is 14.9 Å². The van der Waals surface area contributed by atoms with Gasteiger partial charge in [0, 0.05) is 12.5 Å². The van der Waals surface area contributed by atoms with Crippen LogP contribution in [0.2, 0.25) is 0 Å². The maximum Gasteiger partial charge on any atom is 0.273 e. The summed E-state index contributed by atoms with van der Waals surface area (Å²) in [6.07, 6.45) is 1.04. The Balaban J connectivity index is 2.72. The van der Waals surface area contributed by atoms with Crippen LogP contribution in [0.4, 0.5) is 11.4 Å². The van der Waals surface area contributed by atoms with Crippen molar-refractivity contribution in [1.29, 1.82) is 0 Å². The third-order valence-electron chi connectivity index (χ3n) is 2.94. The van der Waals surface area contributed by atoms with Crippen LogP contribution in [0.3, 0.4) is 0 Å². The van der Waals surface area contributed by atoms with Gasteiger partial charge < -0.3 is 15.8 Å². The number of nitrogens with two attached hydrogens (primary N) is 1. The van der Waals surface area contributed by atoms with E-state index in [0.717, 1.165) is 0 Å². The first-order chi connectivity index (χ1) is 9.47. The molecule has 1 amide bonds. The van der Waals surface area contributed by atoms with Crippen LogP contribution in [-0.2, 0) is 4.79 Å². The summed E-state index contributed by atoms with van der Waals surface area (Å²) >= 11 is 0.